The first-order valence-corrected chi connectivity index (χ1v) is 9.02. The lowest BCUT2D eigenvalue weighted by atomic mass is 10.1. The van der Waals surface area contributed by atoms with E-state index in [9.17, 15) is 21.6 Å². The van der Waals surface area contributed by atoms with Crippen molar-refractivity contribution in [3.63, 3.8) is 0 Å². The molecule has 3 rings (SSSR count). The number of hydrogen-bond acceptors (Lipinski definition) is 3. The lowest BCUT2D eigenvalue weighted by Gasteiger charge is -2.15. The highest BCUT2D eigenvalue weighted by molar-refractivity contribution is 7.92. The molecular weight excluding hydrogens is 391 g/mol. The van der Waals surface area contributed by atoms with E-state index in [4.69, 9.17) is 11.6 Å². The highest BCUT2D eigenvalue weighted by Gasteiger charge is 2.32. The molecule has 0 saturated carbocycles. The van der Waals surface area contributed by atoms with Crippen LogP contribution in [0.1, 0.15) is 5.56 Å². The zero-order valence-corrected chi connectivity index (χ0v) is 14.5. The number of aromatic nitrogens is 2. The minimum atomic E-state index is -4.62. The molecule has 1 heterocycles. The fourth-order valence-electron chi connectivity index (χ4n) is 2.22. The van der Waals surface area contributed by atoms with E-state index in [2.05, 4.69) is 9.82 Å². The van der Waals surface area contributed by atoms with Crippen molar-refractivity contribution in [1.82, 2.24) is 9.78 Å². The molecule has 10 heteroatoms. The molecule has 0 radical (unpaired) electrons. The van der Waals surface area contributed by atoms with Crippen LogP contribution in [0, 0.1) is 0 Å². The molecule has 1 N–H and O–H groups in total. The summed E-state index contributed by atoms with van der Waals surface area (Å²) in [6.45, 7) is 0. The average Bonchev–Trinajstić information content (AvgIpc) is 3.08. The van der Waals surface area contributed by atoms with Crippen LogP contribution in [-0.2, 0) is 16.2 Å². The van der Waals surface area contributed by atoms with Crippen molar-refractivity contribution < 1.29 is 21.6 Å². The van der Waals surface area contributed by atoms with Gasteiger partial charge in [0.15, 0.2) is 0 Å². The fraction of sp³-hybridized carbons (Fsp3) is 0.0625. The van der Waals surface area contributed by atoms with Crippen molar-refractivity contribution in [3.8, 4) is 5.69 Å². The number of nitrogens with zero attached hydrogens (tertiary/aromatic N) is 2. The summed E-state index contributed by atoms with van der Waals surface area (Å²) in [6, 6.07) is 9.55. The second kappa shape index (κ2) is 6.65. The van der Waals surface area contributed by atoms with E-state index >= 15 is 0 Å². The summed E-state index contributed by atoms with van der Waals surface area (Å²) in [5.74, 6) is 0. The van der Waals surface area contributed by atoms with Gasteiger partial charge in [-0.15, -0.1) is 0 Å². The van der Waals surface area contributed by atoms with Gasteiger partial charge in [-0.1, -0.05) is 11.6 Å². The Balaban J connectivity index is 2.08. The van der Waals surface area contributed by atoms with Crippen LogP contribution in [0.5, 0.6) is 0 Å². The van der Waals surface area contributed by atoms with Gasteiger partial charge in [0, 0.05) is 17.4 Å². The monoisotopic (exact) mass is 401 g/mol. The van der Waals surface area contributed by atoms with E-state index < -0.39 is 21.8 Å². The lowest BCUT2D eigenvalue weighted by Crippen LogP contribution is -2.16. The minimum absolute atomic E-state index is 0.134. The van der Waals surface area contributed by atoms with Gasteiger partial charge in [-0.25, -0.2) is 13.1 Å². The van der Waals surface area contributed by atoms with Gasteiger partial charge in [0.05, 0.1) is 21.8 Å². The molecule has 0 unspecified atom stereocenters. The number of rotatable bonds is 4. The third-order valence-electron chi connectivity index (χ3n) is 3.44. The summed E-state index contributed by atoms with van der Waals surface area (Å²) in [7, 11) is -4.12. The van der Waals surface area contributed by atoms with Gasteiger partial charge in [-0.2, -0.15) is 18.3 Å². The number of sulfonamides is 1. The standard InChI is InChI=1S/C16H11ClF3N3O2S/c17-12-3-5-13(6-4-12)26(24,25)22-14-10-11(16(18,19)20)2-7-15(14)23-9-1-8-21-23/h1-10,22H. The molecule has 0 aliphatic rings. The van der Waals surface area contributed by atoms with Gasteiger partial charge >= 0.3 is 6.18 Å². The Morgan fingerprint density at radius 2 is 1.77 bits per heavy atom. The van der Waals surface area contributed by atoms with Crippen molar-refractivity contribution in [2.24, 2.45) is 0 Å². The van der Waals surface area contributed by atoms with Gasteiger partial charge in [0.25, 0.3) is 10.0 Å². The van der Waals surface area contributed by atoms with Crippen LogP contribution in [0.4, 0.5) is 18.9 Å². The molecule has 26 heavy (non-hydrogen) atoms. The van der Waals surface area contributed by atoms with E-state index in [1.165, 1.54) is 41.3 Å². The first-order chi connectivity index (χ1) is 12.2. The summed E-state index contributed by atoms with van der Waals surface area (Å²) in [5.41, 5.74) is -1.08. The Bertz CT molecular complexity index is 1020. The van der Waals surface area contributed by atoms with Crippen LogP contribution >= 0.6 is 11.6 Å². The van der Waals surface area contributed by atoms with Gasteiger partial charge in [-0.3, -0.25) is 4.72 Å². The fourth-order valence-corrected chi connectivity index (χ4v) is 3.41. The second-order valence-corrected chi connectivity index (χ2v) is 7.36. The minimum Gasteiger partial charge on any atom is -0.277 e. The van der Waals surface area contributed by atoms with Crippen LogP contribution in [0.3, 0.4) is 0 Å². The first-order valence-electron chi connectivity index (χ1n) is 7.16. The number of benzene rings is 2. The van der Waals surface area contributed by atoms with Gasteiger partial charge in [0.2, 0.25) is 0 Å². The maximum atomic E-state index is 13.0. The molecule has 0 spiro atoms. The Morgan fingerprint density at radius 1 is 1.08 bits per heavy atom. The number of alkyl halides is 3. The predicted octanol–water partition coefficient (Wildman–Crippen LogP) is 4.35. The van der Waals surface area contributed by atoms with E-state index in [1.54, 1.807) is 6.07 Å². The van der Waals surface area contributed by atoms with Crippen molar-refractivity contribution in [1.29, 1.82) is 0 Å². The molecule has 0 saturated heterocycles. The highest BCUT2D eigenvalue weighted by Crippen LogP contribution is 2.34. The largest absolute Gasteiger partial charge is 0.416 e. The van der Waals surface area contributed by atoms with E-state index in [0.717, 1.165) is 18.2 Å². The number of nitrogens with one attached hydrogen (secondary N) is 1. The summed E-state index contributed by atoms with van der Waals surface area (Å²) in [4.78, 5) is -0.134. The number of hydrogen-bond donors (Lipinski definition) is 1. The molecule has 0 atom stereocenters. The molecule has 136 valence electrons. The van der Waals surface area contributed by atoms with Gasteiger partial charge in [0.1, 0.15) is 0 Å². The maximum absolute atomic E-state index is 13.0. The molecule has 5 nitrogen and oxygen atoms in total. The van der Waals surface area contributed by atoms with Crippen molar-refractivity contribution in [3.05, 3.63) is 71.5 Å². The third-order valence-corrected chi connectivity index (χ3v) is 5.08. The molecule has 2 aromatic carbocycles. The summed E-state index contributed by atoms with van der Waals surface area (Å²) in [6.07, 6.45) is -1.71. The van der Waals surface area contributed by atoms with Crippen molar-refractivity contribution >= 4 is 27.3 Å². The molecule has 0 aliphatic carbocycles. The SMILES string of the molecule is O=S(=O)(Nc1cc(C(F)(F)F)ccc1-n1cccn1)c1ccc(Cl)cc1. The Kier molecular flexibility index (Phi) is 4.68. The lowest BCUT2D eigenvalue weighted by molar-refractivity contribution is -0.137. The molecule has 0 fully saturated rings. The molecular formula is C16H11ClF3N3O2S. The quantitative estimate of drug-likeness (QED) is 0.707. The number of halogens is 4. The van der Waals surface area contributed by atoms with Crippen LogP contribution in [-0.4, -0.2) is 18.2 Å². The van der Waals surface area contributed by atoms with Crippen LogP contribution in [0.15, 0.2) is 65.8 Å². The Morgan fingerprint density at radius 3 is 2.35 bits per heavy atom. The van der Waals surface area contributed by atoms with E-state index in [1.807, 2.05) is 0 Å². The average molecular weight is 402 g/mol. The van der Waals surface area contributed by atoms with Gasteiger partial charge in [-0.05, 0) is 48.5 Å². The van der Waals surface area contributed by atoms with E-state index in [-0.39, 0.29) is 16.3 Å². The van der Waals surface area contributed by atoms with Crippen LogP contribution in [0.2, 0.25) is 5.02 Å². The first kappa shape index (κ1) is 18.3. The molecule has 3 aromatic rings. The number of anilines is 1. The van der Waals surface area contributed by atoms with Crippen LogP contribution in [0.25, 0.3) is 5.69 Å². The Labute approximate surface area is 152 Å². The Hall–Kier alpha value is -2.52. The van der Waals surface area contributed by atoms with Crippen molar-refractivity contribution in [2.75, 3.05) is 4.72 Å². The summed E-state index contributed by atoms with van der Waals surface area (Å²) in [5, 5.41) is 4.27. The zero-order valence-electron chi connectivity index (χ0n) is 12.9. The van der Waals surface area contributed by atoms with E-state index in [0.29, 0.717) is 5.02 Å². The second-order valence-electron chi connectivity index (χ2n) is 5.24. The smallest absolute Gasteiger partial charge is 0.277 e. The normalized spacial score (nSPS) is 12.2. The molecule has 0 aliphatic heterocycles. The van der Waals surface area contributed by atoms with Gasteiger partial charge < -0.3 is 0 Å². The molecule has 1 aromatic heterocycles. The molecule has 0 amide bonds. The highest BCUT2D eigenvalue weighted by atomic mass is 35.5. The summed E-state index contributed by atoms with van der Waals surface area (Å²) >= 11 is 5.73. The maximum Gasteiger partial charge on any atom is 0.416 e. The van der Waals surface area contributed by atoms with Crippen molar-refractivity contribution in [2.45, 2.75) is 11.1 Å². The molecule has 0 bridgehead atoms. The summed E-state index contributed by atoms with van der Waals surface area (Å²) < 4.78 is 67.6. The zero-order chi connectivity index (χ0) is 18.9. The topological polar surface area (TPSA) is 64.0 Å². The third kappa shape index (κ3) is 3.83. The van der Waals surface area contributed by atoms with Crippen LogP contribution < -0.4 is 4.72 Å². The predicted molar refractivity (Wildman–Crippen MR) is 90.8 cm³/mol.